The van der Waals surface area contributed by atoms with Crippen molar-refractivity contribution in [2.24, 2.45) is 0 Å². The first-order valence-corrected chi connectivity index (χ1v) is 7.46. The van der Waals surface area contributed by atoms with E-state index in [-0.39, 0.29) is 0 Å². The molecule has 104 valence electrons. The third-order valence-electron chi connectivity index (χ3n) is 3.42. The Morgan fingerprint density at radius 2 is 2.14 bits per heavy atom. The summed E-state index contributed by atoms with van der Waals surface area (Å²) >= 11 is 1.56. The zero-order valence-electron chi connectivity index (χ0n) is 11.1. The number of nitrogens with zero attached hydrogens (tertiary/aromatic N) is 3. The summed E-state index contributed by atoms with van der Waals surface area (Å²) in [6.45, 7) is 1.13. The Balaban J connectivity index is 1.87. The molecule has 0 saturated heterocycles. The van der Waals surface area contributed by atoms with Crippen molar-refractivity contribution in [3.8, 4) is 28.8 Å². The SMILES string of the molecule is N#CCc1c(-c2ccc3c(c2)OCCO3)nc2sccn12. The number of thiazole rings is 1. The molecule has 0 N–H and O–H groups in total. The smallest absolute Gasteiger partial charge is 0.194 e. The quantitative estimate of drug-likeness (QED) is 0.729. The highest BCUT2D eigenvalue weighted by atomic mass is 32.1. The van der Waals surface area contributed by atoms with Crippen molar-refractivity contribution >= 4 is 16.3 Å². The highest BCUT2D eigenvalue weighted by molar-refractivity contribution is 7.15. The van der Waals surface area contributed by atoms with Gasteiger partial charge in [0.15, 0.2) is 16.5 Å². The Morgan fingerprint density at radius 1 is 1.29 bits per heavy atom. The highest BCUT2D eigenvalue weighted by Crippen LogP contribution is 2.36. The van der Waals surface area contributed by atoms with Crippen LogP contribution in [-0.4, -0.2) is 22.6 Å². The molecule has 0 aliphatic carbocycles. The average molecular weight is 297 g/mol. The lowest BCUT2D eigenvalue weighted by molar-refractivity contribution is 0.171. The molecule has 4 rings (SSSR count). The molecule has 0 bridgehead atoms. The number of aromatic nitrogens is 2. The lowest BCUT2D eigenvalue weighted by atomic mass is 10.1. The fourth-order valence-corrected chi connectivity index (χ4v) is 3.23. The summed E-state index contributed by atoms with van der Waals surface area (Å²) < 4.78 is 13.1. The maximum absolute atomic E-state index is 9.07. The van der Waals surface area contributed by atoms with Gasteiger partial charge in [-0.05, 0) is 18.2 Å². The van der Waals surface area contributed by atoms with Crippen molar-refractivity contribution < 1.29 is 9.47 Å². The fraction of sp³-hybridized carbons (Fsp3) is 0.200. The minimum Gasteiger partial charge on any atom is -0.486 e. The van der Waals surface area contributed by atoms with Gasteiger partial charge in [-0.3, -0.25) is 4.40 Å². The van der Waals surface area contributed by atoms with Gasteiger partial charge in [0.25, 0.3) is 0 Å². The van der Waals surface area contributed by atoms with E-state index in [4.69, 9.17) is 14.7 Å². The summed E-state index contributed by atoms with van der Waals surface area (Å²) in [5.74, 6) is 1.49. The highest BCUT2D eigenvalue weighted by Gasteiger charge is 2.18. The van der Waals surface area contributed by atoms with E-state index in [1.165, 1.54) is 0 Å². The maximum Gasteiger partial charge on any atom is 0.194 e. The van der Waals surface area contributed by atoms with E-state index in [2.05, 4.69) is 11.1 Å². The lowest BCUT2D eigenvalue weighted by Crippen LogP contribution is -2.15. The summed E-state index contributed by atoms with van der Waals surface area (Å²) in [6.07, 6.45) is 2.27. The van der Waals surface area contributed by atoms with Gasteiger partial charge in [-0.2, -0.15) is 5.26 Å². The van der Waals surface area contributed by atoms with Crippen LogP contribution in [0.5, 0.6) is 11.5 Å². The topological polar surface area (TPSA) is 59.5 Å². The van der Waals surface area contributed by atoms with Crippen molar-refractivity contribution in [3.05, 3.63) is 35.5 Å². The molecule has 0 atom stereocenters. The molecular formula is C15H11N3O2S. The van der Waals surface area contributed by atoms with Gasteiger partial charge in [0.2, 0.25) is 0 Å². The number of benzene rings is 1. The van der Waals surface area contributed by atoms with Crippen LogP contribution in [0.1, 0.15) is 5.69 Å². The molecule has 1 aliphatic rings. The first-order valence-electron chi connectivity index (χ1n) is 6.58. The molecule has 0 unspecified atom stereocenters. The number of imidazole rings is 1. The normalized spacial score (nSPS) is 13.3. The van der Waals surface area contributed by atoms with Crippen molar-refractivity contribution in [3.63, 3.8) is 0 Å². The van der Waals surface area contributed by atoms with Crippen LogP contribution in [0.25, 0.3) is 16.2 Å². The third-order valence-corrected chi connectivity index (χ3v) is 4.18. The summed E-state index contributed by atoms with van der Waals surface area (Å²) in [4.78, 5) is 5.54. The number of nitriles is 1. The van der Waals surface area contributed by atoms with Crippen molar-refractivity contribution in [2.75, 3.05) is 13.2 Å². The van der Waals surface area contributed by atoms with Crippen LogP contribution in [0.2, 0.25) is 0 Å². The van der Waals surface area contributed by atoms with Gasteiger partial charge in [0.1, 0.15) is 13.2 Å². The number of hydrogen-bond donors (Lipinski definition) is 0. The predicted molar refractivity (Wildman–Crippen MR) is 78.8 cm³/mol. The molecule has 0 amide bonds. The van der Waals surface area contributed by atoms with Crippen LogP contribution in [0, 0.1) is 11.3 Å². The second-order valence-electron chi connectivity index (χ2n) is 4.66. The zero-order valence-corrected chi connectivity index (χ0v) is 11.9. The predicted octanol–water partition coefficient (Wildman–Crippen LogP) is 2.90. The molecule has 0 saturated carbocycles. The number of hydrogen-bond acceptors (Lipinski definition) is 5. The minimum absolute atomic E-state index is 0.321. The van der Waals surface area contributed by atoms with Crippen molar-refractivity contribution in [1.29, 1.82) is 5.26 Å². The van der Waals surface area contributed by atoms with E-state index in [1.807, 2.05) is 34.2 Å². The van der Waals surface area contributed by atoms with E-state index in [1.54, 1.807) is 11.3 Å². The Bertz CT molecular complexity index is 860. The Kier molecular flexibility index (Phi) is 2.79. The first-order chi connectivity index (χ1) is 10.4. The third kappa shape index (κ3) is 1.94. The van der Waals surface area contributed by atoms with Crippen molar-refractivity contribution in [2.45, 2.75) is 6.42 Å². The van der Waals surface area contributed by atoms with E-state index in [0.717, 1.165) is 33.4 Å². The van der Waals surface area contributed by atoms with Gasteiger partial charge in [-0.1, -0.05) is 0 Å². The summed E-state index contributed by atoms with van der Waals surface area (Å²) in [5, 5.41) is 11.0. The average Bonchev–Trinajstić information content (AvgIpc) is 3.10. The molecule has 3 aromatic rings. The van der Waals surface area contributed by atoms with Crippen LogP contribution < -0.4 is 9.47 Å². The maximum atomic E-state index is 9.07. The molecule has 1 aliphatic heterocycles. The Hall–Kier alpha value is -2.52. The van der Waals surface area contributed by atoms with Gasteiger partial charge >= 0.3 is 0 Å². The summed E-state index contributed by atoms with van der Waals surface area (Å²) in [5.41, 5.74) is 2.69. The molecule has 1 aromatic carbocycles. The molecule has 6 heteroatoms. The van der Waals surface area contributed by atoms with Gasteiger partial charge < -0.3 is 9.47 Å². The van der Waals surface area contributed by atoms with Crippen molar-refractivity contribution in [1.82, 2.24) is 9.38 Å². The van der Waals surface area contributed by atoms with Crippen LogP contribution in [0.15, 0.2) is 29.8 Å². The van der Waals surface area contributed by atoms with Gasteiger partial charge in [-0.15, -0.1) is 11.3 Å². The van der Waals surface area contributed by atoms with Crippen LogP contribution in [-0.2, 0) is 6.42 Å². The second-order valence-corrected chi connectivity index (χ2v) is 5.53. The second kappa shape index (κ2) is 4.79. The molecular weight excluding hydrogens is 286 g/mol. The molecule has 3 heterocycles. The van der Waals surface area contributed by atoms with E-state index < -0.39 is 0 Å². The molecule has 0 fully saturated rings. The number of rotatable bonds is 2. The van der Waals surface area contributed by atoms with E-state index in [9.17, 15) is 0 Å². The molecule has 0 radical (unpaired) electrons. The van der Waals surface area contributed by atoms with Crippen LogP contribution in [0.3, 0.4) is 0 Å². The molecule has 0 spiro atoms. The number of ether oxygens (including phenoxy) is 2. The molecule has 21 heavy (non-hydrogen) atoms. The number of fused-ring (bicyclic) bond motifs is 2. The van der Waals surface area contributed by atoms with E-state index in [0.29, 0.717) is 19.6 Å². The van der Waals surface area contributed by atoms with Gasteiger partial charge in [0.05, 0.1) is 23.9 Å². The van der Waals surface area contributed by atoms with Crippen LogP contribution >= 0.6 is 11.3 Å². The van der Waals surface area contributed by atoms with Gasteiger partial charge in [0, 0.05) is 17.1 Å². The van der Waals surface area contributed by atoms with Gasteiger partial charge in [-0.25, -0.2) is 4.98 Å². The monoisotopic (exact) mass is 297 g/mol. The fourth-order valence-electron chi connectivity index (χ4n) is 2.50. The van der Waals surface area contributed by atoms with E-state index >= 15 is 0 Å². The standard InChI is InChI=1S/C15H11N3O2S/c16-4-3-11-14(17-15-18(11)5-8-21-15)10-1-2-12-13(9-10)20-7-6-19-12/h1-2,5,8-9H,3,6-7H2. The Labute approximate surface area is 125 Å². The summed E-state index contributed by atoms with van der Waals surface area (Å²) in [6, 6.07) is 8.00. The molecule has 2 aromatic heterocycles. The Morgan fingerprint density at radius 3 is 3.00 bits per heavy atom. The zero-order chi connectivity index (χ0) is 14.2. The molecule has 5 nitrogen and oxygen atoms in total. The van der Waals surface area contributed by atoms with Crippen LogP contribution in [0.4, 0.5) is 0 Å². The largest absolute Gasteiger partial charge is 0.486 e. The summed E-state index contributed by atoms with van der Waals surface area (Å²) in [7, 11) is 0. The first kappa shape index (κ1) is 12.2. The minimum atomic E-state index is 0.321. The lowest BCUT2D eigenvalue weighted by Gasteiger charge is -2.18.